The standard InChI is InChI=1S/C27H23N3O4/c1-14-10-20(16(3)29-23-7-5-4-6-19(23)27(32)33)26-21(11-14)24(31)15(2)25(34-26)17-8-9-22-18(12-17)13-28-30-22/h4-13,16,29H,1-3H3,(H,28,30)(H,32,33). The lowest BCUT2D eigenvalue weighted by molar-refractivity contribution is 0.0698. The van der Waals surface area contributed by atoms with Crippen LogP contribution in [0.4, 0.5) is 5.69 Å². The highest BCUT2D eigenvalue weighted by atomic mass is 16.4. The number of hydrogen-bond donors (Lipinski definition) is 3. The van der Waals surface area contributed by atoms with Crippen LogP contribution in [0.3, 0.4) is 0 Å². The highest BCUT2D eigenvalue weighted by molar-refractivity contribution is 5.94. The summed E-state index contributed by atoms with van der Waals surface area (Å²) >= 11 is 0. The summed E-state index contributed by atoms with van der Waals surface area (Å²) in [4.78, 5) is 25.0. The molecule has 0 fully saturated rings. The van der Waals surface area contributed by atoms with Gasteiger partial charge in [-0.15, -0.1) is 0 Å². The summed E-state index contributed by atoms with van der Waals surface area (Å²) in [6.07, 6.45) is 1.73. The van der Waals surface area contributed by atoms with Crippen LogP contribution in [0.2, 0.25) is 0 Å². The lowest BCUT2D eigenvalue weighted by Gasteiger charge is -2.20. The zero-order chi connectivity index (χ0) is 24.0. The fourth-order valence-corrected chi connectivity index (χ4v) is 4.36. The van der Waals surface area contributed by atoms with Gasteiger partial charge in [0, 0.05) is 27.8 Å². The largest absolute Gasteiger partial charge is 0.478 e. The third-order valence-electron chi connectivity index (χ3n) is 6.09. The molecule has 0 radical (unpaired) electrons. The van der Waals surface area contributed by atoms with Gasteiger partial charge in [0.1, 0.15) is 11.3 Å². The van der Waals surface area contributed by atoms with Crippen LogP contribution in [0.1, 0.15) is 40.0 Å². The molecule has 1 atom stereocenters. The van der Waals surface area contributed by atoms with E-state index in [9.17, 15) is 14.7 Å². The van der Waals surface area contributed by atoms with Crippen molar-refractivity contribution < 1.29 is 14.3 Å². The summed E-state index contributed by atoms with van der Waals surface area (Å²) in [5.74, 6) is -0.507. The van der Waals surface area contributed by atoms with Gasteiger partial charge in [-0.2, -0.15) is 5.10 Å². The van der Waals surface area contributed by atoms with Crippen molar-refractivity contribution in [3.63, 3.8) is 0 Å². The normalized spacial score (nSPS) is 12.2. The Morgan fingerprint density at radius 3 is 2.71 bits per heavy atom. The topological polar surface area (TPSA) is 108 Å². The van der Waals surface area contributed by atoms with Gasteiger partial charge in [0.05, 0.1) is 28.7 Å². The van der Waals surface area contributed by atoms with Crippen molar-refractivity contribution in [3.05, 3.63) is 93.3 Å². The third-order valence-corrected chi connectivity index (χ3v) is 6.09. The smallest absolute Gasteiger partial charge is 0.337 e. The number of aromatic nitrogens is 2. The Kier molecular flexibility index (Phi) is 5.17. The Hall–Kier alpha value is -4.39. The van der Waals surface area contributed by atoms with Gasteiger partial charge in [-0.05, 0) is 62.7 Å². The molecule has 7 nitrogen and oxygen atoms in total. The molecule has 0 aliphatic carbocycles. The number of carboxylic acid groups (broad SMARTS) is 1. The van der Waals surface area contributed by atoms with Crippen molar-refractivity contribution in [1.82, 2.24) is 10.2 Å². The molecule has 2 heterocycles. The van der Waals surface area contributed by atoms with E-state index >= 15 is 0 Å². The predicted molar refractivity (Wildman–Crippen MR) is 132 cm³/mol. The quantitative estimate of drug-likeness (QED) is 0.309. The van der Waals surface area contributed by atoms with Crippen LogP contribution in [-0.2, 0) is 0 Å². The van der Waals surface area contributed by atoms with Crippen LogP contribution >= 0.6 is 0 Å². The fourth-order valence-electron chi connectivity index (χ4n) is 4.36. The van der Waals surface area contributed by atoms with E-state index in [0.29, 0.717) is 28.0 Å². The summed E-state index contributed by atoms with van der Waals surface area (Å²) in [5.41, 5.74) is 4.98. The Bertz CT molecular complexity index is 1630. The first-order valence-electron chi connectivity index (χ1n) is 10.9. The molecule has 2 aromatic heterocycles. The molecule has 3 aromatic carbocycles. The second-order valence-corrected chi connectivity index (χ2v) is 8.50. The molecule has 0 aliphatic rings. The van der Waals surface area contributed by atoms with E-state index in [1.54, 1.807) is 37.4 Å². The molecule has 3 N–H and O–H groups in total. The minimum absolute atomic E-state index is 0.0911. The maximum Gasteiger partial charge on any atom is 0.337 e. The van der Waals surface area contributed by atoms with E-state index in [-0.39, 0.29) is 17.0 Å². The first-order valence-corrected chi connectivity index (χ1v) is 10.9. The summed E-state index contributed by atoms with van der Waals surface area (Å²) in [7, 11) is 0. The van der Waals surface area contributed by atoms with Gasteiger partial charge >= 0.3 is 5.97 Å². The molecule has 0 saturated carbocycles. The van der Waals surface area contributed by atoms with E-state index in [1.165, 1.54) is 0 Å². The molecule has 5 aromatic rings. The monoisotopic (exact) mass is 453 g/mol. The average molecular weight is 453 g/mol. The molecular formula is C27H23N3O4. The van der Waals surface area contributed by atoms with Crippen LogP contribution < -0.4 is 10.7 Å². The maximum atomic E-state index is 13.4. The van der Waals surface area contributed by atoms with Crippen molar-refractivity contribution in [3.8, 4) is 11.3 Å². The molecule has 0 bridgehead atoms. The number of carbonyl (C=O) groups is 1. The Balaban J connectivity index is 1.68. The first kappa shape index (κ1) is 21.5. The molecule has 170 valence electrons. The van der Waals surface area contributed by atoms with Gasteiger partial charge in [0.25, 0.3) is 0 Å². The molecule has 0 amide bonds. The minimum atomic E-state index is -1.01. The molecular weight excluding hydrogens is 430 g/mol. The molecule has 5 rings (SSSR count). The summed E-state index contributed by atoms with van der Waals surface area (Å²) < 4.78 is 6.42. The Morgan fingerprint density at radius 1 is 1.12 bits per heavy atom. The number of fused-ring (bicyclic) bond motifs is 2. The van der Waals surface area contributed by atoms with Crippen molar-refractivity contribution in [2.45, 2.75) is 26.8 Å². The zero-order valence-electron chi connectivity index (χ0n) is 19.0. The van der Waals surface area contributed by atoms with Crippen molar-refractivity contribution in [2.24, 2.45) is 0 Å². The van der Waals surface area contributed by atoms with Gasteiger partial charge in [0.15, 0.2) is 5.43 Å². The fraction of sp³-hybridized carbons (Fsp3) is 0.148. The highest BCUT2D eigenvalue weighted by Crippen LogP contribution is 2.33. The number of H-pyrrole nitrogens is 1. The van der Waals surface area contributed by atoms with Crippen LogP contribution in [0.25, 0.3) is 33.2 Å². The number of carboxylic acids is 1. The SMILES string of the molecule is Cc1cc(C(C)Nc2ccccc2C(=O)O)c2oc(-c3ccc4[nH]ncc4c3)c(C)c(=O)c2c1. The second-order valence-electron chi connectivity index (χ2n) is 8.50. The summed E-state index contributed by atoms with van der Waals surface area (Å²) in [6.45, 7) is 5.62. The van der Waals surface area contributed by atoms with Gasteiger partial charge in [-0.1, -0.05) is 18.2 Å². The van der Waals surface area contributed by atoms with E-state index in [2.05, 4.69) is 15.5 Å². The van der Waals surface area contributed by atoms with Crippen LogP contribution in [0.5, 0.6) is 0 Å². The Labute approximate surface area is 195 Å². The molecule has 0 spiro atoms. The van der Waals surface area contributed by atoms with E-state index < -0.39 is 5.97 Å². The number of nitrogens with zero attached hydrogens (tertiary/aromatic N) is 1. The van der Waals surface area contributed by atoms with Gasteiger partial charge < -0.3 is 14.8 Å². The Morgan fingerprint density at radius 2 is 1.91 bits per heavy atom. The number of aromatic carboxylic acids is 1. The number of para-hydroxylation sites is 1. The van der Waals surface area contributed by atoms with Crippen LogP contribution in [0, 0.1) is 13.8 Å². The number of rotatable bonds is 5. The highest BCUT2D eigenvalue weighted by Gasteiger charge is 2.20. The van der Waals surface area contributed by atoms with Crippen LogP contribution in [-0.4, -0.2) is 21.3 Å². The van der Waals surface area contributed by atoms with Gasteiger partial charge in [0.2, 0.25) is 0 Å². The average Bonchev–Trinajstić information content (AvgIpc) is 3.29. The van der Waals surface area contributed by atoms with E-state index in [4.69, 9.17) is 4.42 Å². The van der Waals surface area contributed by atoms with Crippen molar-refractivity contribution in [1.29, 1.82) is 0 Å². The number of hydrogen-bond acceptors (Lipinski definition) is 5. The van der Waals surface area contributed by atoms with Crippen molar-refractivity contribution >= 4 is 33.5 Å². The number of nitrogens with one attached hydrogen (secondary N) is 2. The lowest BCUT2D eigenvalue weighted by atomic mass is 9.98. The van der Waals surface area contributed by atoms with E-state index in [1.807, 2.05) is 44.2 Å². The van der Waals surface area contributed by atoms with Gasteiger partial charge in [-0.3, -0.25) is 9.89 Å². The minimum Gasteiger partial charge on any atom is -0.478 e. The van der Waals surface area contributed by atoms with Gasteiger partial charge in [-0.25, -0.2) is 4.79 Å². The maximum absolute atomic E-state index is 13.4. The number of aromatic amines is 1. The lowest BCUT2D eigenvalue weighted by Crippen LogP contribution is -2.14. The first-order chi connectivity index (χ1) is 16.3. The molecule has 1 unspecified atom stereocenters. The van der Waals surface area contributed by atoms with Crippen LogP contribution in [0.15, 0.2) is 70.0 Å². The molecule has 7 heteroatoms. The number of benzene rings is 3. The third kappa shape index (κ3) is 3.61. The molecule has 0 aliphatic heterocycles. The summed E-state index contributed by atoms with van der Waals surface area (Å²) in [5, 5.41) is 21.2. The number of anilines is 1. The second kappa shape index (κ2) is 8.19. The zero-order valence-corrected chi connectivity index (χ0v) is 19.0. The number of aryl methyl sites for hydroxylation is 1. The predicted octanol–water partition coefficient (Wildman–Crippen LogP) is 5.82. The van der Waals surface area contributed by atoms with Crippen molar-refractivity contribution in [2.75, 3.05) is 5.32 Å². The molecule has 34 heavy (non-hydrogen) atoms. The van der Waals surface area contributed by atoms with E-state index in [0.717, 1.165) is 27.6 Å². The molecule has 0 saturated heterocycles. The summed E-state index contributed by atoms with van der Waals surface area (Å²) in [6, 6.07) is 16.0.